The van der Waals surface area contributed by atoms with E-state index in [1.54, 1.807) is 0 Å². The van der Waals surface area contributed by atoms with Crippen LogP contribution >= 0.6 is 22.6 Å². The molecule has 90 valence electrons. The third-order valence-electron chi connectivity index (χ3n) is 3.21. The van der Waals surface area contributed by atoms with Gasteiger partial charge in [0.2, 0.25) is 0 Å². The quantitative estimate of drug-likeness (QED) is 0.422. The molecule has 0 radical (unpaired) electrons. The number of terminal acetylenes is 1. The molecule has 3 aromatic rings. The highest BCUT2D eigenvalue weighted by molar-refractivity contribution is 14.1. The van der Waals surface area contributed by atoms with E-state index in [0.717, 1.165) is 9.13 Å². The van der Waals surface area contributed by atoms with Crippen LogP contribution in [0, 0.1) is 15.9 Å². The van der Waals surface area contributed by atoms with Gasteiger partial charge in [0, 0.05) is 9.13 Å². The Kier molecular flexibility index (Phi) is 3.27. The second kappa shape index (κ2) is 5.07. The maximum atomic E-state index is 5.53. The summed E-state index contributed by atoms with van der Waals surface area (Å²) in [6.45, 7) is 0. The fourth-order valence-corrected chi connectivity index (χ4v) is 3.05. The summed E-state index contributed by atoms with van der Waals surface area (Å²) in [5, 5.41) is 2.51. The van der Waals surface area contributed by atoms with Crippen molar-refractivity contribution < 1.29 is 0 Å². The zero-order chi connectivity index (χ0) is 13.2. The molecular weight excluding hydrogens is 343 g/mol. The van der Waals surface area contributed by atoms with E-state index in [0.29, 0.717) is 0 Å². The Morgan fingerprint density at radius 2 is 1.63 bits per heavy atom. The van der Waals surface area contributed by atoms with Crippen LogP contribution in [0.4, 0.5) is 0 Å². The van der Waals surface area contributed by atoms with Crippen LogP contribution in [0.25, 0.3) is 21.9 Å². The highest BCUT2D eigenvalue weighted by atomic mass is 127. The average molecular weight is 354 g/mol. The zero-order valence-corrected chi connectivity index (χ0v) is 12.4. The minimum Gasteiger partial charge on any atom is -0.115 e. The number of hydrogen-bond donors (Lipinski definition) is 0. The summed E-state index contributed by atoms with van der Waals surface area (Å²) in [5.74, 6) is 2.74. The molecule has 0 aromatic heterocycles. The first-order chi connectivity index (χ1) is 9.29. The third-order valence-corrected chi connectivity index (χ3v) is 4.38. The molecule has 1 heteroatoms. The van der Waals surface area contributed by atoms with Gasteiger partial charge in [-0.25, -0.2) is 0 Å². The maximum absolute atomic E-state index is 5.53. The lowest BCUT2D eigenvalue weighted by Crippen LogP contribution is -1.87. The Morgan fingerprint density at radius 1 is 0.842 bits per heavy atom. The molecule has 0 saturated carbocycles. The summed E-state index contributed by atoms with van der Waals surface area (Å²) in [7, 11) is 0. The van der Waals surface area contributed by atoms with E-state index in [9.17, 15) is 0 Å². The van der Waals surface area contributed by atoms with Crippen molar-refractivity contribution in [1.29, 1.82) is 0 Å². The Labute approximate surface area is 126 Å². The van der Waals surface area contributed by atoms with Crippen LogP contribution in [0.5, 0.6) is 0 Å². The Hall–Kier alpha value is -1.79. The fraction of sp³-hybridized carbons (Fsp3) is 0. The zero-order valence-electron chi connectivity index (χ0n) is 10.2. The molecule has 0 unspecified atom stereocenters. The molecule has 3 aromatic carbocycles. The number of rotatable bonds is 1. The van der Waals surface area contributed by atoms with Crippen LogP contribution in [-0.2, 0) is 0 Å². The standard InChI is InChI=1S/C18H11I/c1-2-13-8-5-9-17(18(13)19)16-11-10-14-6-3-4-7-15(14)12-16/h1,3-12H. The van der Waals surface area contributed by atoms with E-state index in [1.165, 1.54) is 21.9 Å². The lowest BCUT2D eigenvalue weighted by atomic mass is 10.00. The minimum absolute atomic E-state index is 0.950. The largest absolute Gasteiger partial charge is 0.115 e. The van der Waals surface area contributed by atoms with Crippen molar-refractivity contribution >= 4 is 33.4 Å². The summed E-state index contributed by atoms with van der Waals surface area (Å²) in [6, 6.07) is 21.0. The van der Waals surface area contributed by atoms with Gasteiger partial charge in [-0.15, -0.1) is 6.42 Å². The summed E-state index contributed by atoms with van der Waals surface area (Å²) in [6.07, 6.45) is 5.53. The summed E-state index contributed by atoms with van der Waals surface area (Å²) in [5.41, 5.74) is 3.35. The van der Waals surface area contributed by atoms with Gasteiger partial charge in [-0.1, -0.05) is 54.5 Å². The van der Waals surface area contributed by atoms with Crippen molar-refractivity contribution in [2.75, 3.05) is 0 Å². The Morgan fingerprint density at radius 3 is 2.42 bits per heavy atom. The highest BCUT2D eigenvalue weighted by Crippen LogP contribution is 2.29. The van der Waals surface area contributed by atoms with E-state index >= 15 is 0 Å². The minimum atomic E-state index is 0.950. The molecule has 0 heterocycles. The van der Waals surface area contributed by atoms with Crippen LogP contribution in [0.2, 0.25) is 0 Å². The van der Waals surface area contributed by atoms with Gasteiger partial charge < -0.3 is 0 Å². The van der Waals surface area contributed by atoms with Gasteiger partial charge in [-0.05, 0) is 56.6 Å². The molecule has 0 spiro atoms. The number of halogens is 1. The fourth-order valence-electron chi connectivity index (χ4n) is 2.22. The molecule has 0 fully saturated rings. The lowest BCUT2D eigenvalue weighted by Gasteiger charge is -2.08. The Bertz CT molecular complexity index is 794. The second-order valence-corrected chi connectivity index (χ2v) is 5.45. The summed E-state index contributed by atoms with van der Waals surface area (Å²) in [4.78, 5) is 0. The van der Waals surface area contributed by atoms with Crippen molar-refractivity contribution in [3.8, 4) is 23.5 Å². The van der Waals surface area contributed by atoms with E-state index in [2.05, 4.69) is 77.0 Å². The Balaban J connectivity index is 2.22. The van der Waals surface area contributed by atoms with Crippen LogP contribution < -0.4 is 0 Å². The maximum Gasteiger partial charge on any atom is 0.0382 e. The first kappa shape index (κ1) is 12.3. The van der Waals surface area contributed by atoms with Crippen LogP contribution in [0.3, 0.4) is 0 Å². The molecule has 0 aliphatic heterocycles. The van der Waals surface area contributed by atoms with Crippen LogP contribution in [-0.4, -0.2) is 0 Å². The second-order valence-electron chi connectivity index (χ2n) is 4.37. The number of hydrogen-bond acceptors (Lipinski definition) is 0. The molecule has 0 bridgehead atoms. The summed E-state index contributed by atoms with van der Waals surface area (Å²) < 4.78 is 1.14. The molecule has 0 aliphatic carbocycles. The average Bonchev–Trinajstić information content (AvgIpc) is 2.47. The van der Waals surface area contributed by atoms with Crippen molar-refractivity contribution in [3.05, 3.63) is 69.8 Å². The molecule has 0 saturated heterocycles. The molecule has 0 aliphatic rings. The predicted octanol–water partition coefficient (Wildman–Crippen LogP) is 5.09. The smallest absolute Gasteiger partial charge is 0.0382 e. The van der Waals surface area contributed by atoms with Crippen LogP contribution in [0.1, 0.15) is 5.56 Å². The molecule has 0 atom stereocenters. The van der Waals surface area contributed by atoms with E-state index in [1.807, 2.05) is 12.1 Å². The normalized spacial score (nSPS) is 10.3. The number of benzene rings is 3. The highest BCUT2D eigenvalue weighted by Gasteiger charge is 2.06. The van der Waals surface area contributed by atoms with E-state index in [4.69, 9.17) is 6.42 Å². The lowest BCUT2D eigenvalue weighted by molar-refractivity contribution is 1.56. The first-order valence-electron chi connectivity index (χ1n) is 6.04. The summed E-state index contributed by atoms with van der Waals surface area (Å²) >= 11 is 2.33. The molecule has 0 nitrogen and oxygen atoms in total. The van der Waals surface area contributed by atoms with Gasteiger partial charge in [0.1, 0.15) is 0 Å². The van der Waals surface area contributed by atoms with Gasteiger partial charge in [-0.3, -0.25) is 0 Å². The molecular formula is C18H11I. The van der Waals surface area contributed by atoms with Crippen molar-refractivity contribution in [1.82, 2.24) is 0 Å². The molecule has 0 N–H and O–H groups in total. The van der Waals surface area contributed by atoms with Crippen molar-refractivity contribution in [3.63, 3.8) is 0 Å². The number of fused-ring (bicyclic) bond motifs is 1. The van der Waals surface area contributed by atoms with Crippen LogP contribution in [0.15, 0.2) is 60.7 Å². The van der Waals surface area contributed by atoms with Gasteiger partial charge >= 0.3 is 0 Å². The molecule has 3 rings (SSSR count). The molecule has 0 amide bonds. The van der Waals surface area contributed by atoms with E-state index in [-0.39, 0.29) is 0 Å². The first-order valence-corrected chi connectivity index (χ1v) is 7.12. The molecule has 19 heavy (non-hydrogen) atoms. The van der Waals surface area contributed by atoms with Crippen molar-refractivity contribution in [2.24, 2.45) is 0 Å². The van der Waals surface area contributed by atoms with Gasteiger partial charge in [-0.2, -0.15) is 0 Å². The van der Waals surface area contributed by atoms with Gasteiger partial charge in [0.05, 0.1) is 0 Å². The predicted molar refractivity (Wildman–Crippen MR) is 90.0 cm³/mol. The van der Waals surface area contributed by atoms with Crippen molar-refractivity contribution in [2.45, 2.75) is 0 Å². The van der Waals surface area contributed by atoms with Gasteiger partial charge in [0.25, 0.3) is 0 Å². The van der Waals surface area contributed by atoms with E-state index < -0.39 is 0 Å². The van der Waals surface area contributed by atoms with Gasteiger partial charge in [0.15, 0.2) is 0 Å². The monoisotopic (exact) mass is 354 g/mol. The SMILES string of the molecule is C#Cc1cccc(-c2ccc3ccccc3c2)c1I. The third kappa shape index (κ3) is 2.24. The topological polar surface area (TPSA) is 0 Å².